The van der Waals surface area contributed by atoms with Crippen LogP contribution in [0.25, 0.3) is 0 Å². The van der Waals surface area contributed by atoms with Crippen LogP contribution in [0.15, 0.2) is 0 Å². The van der Waals surface area contributed by atoms with Crippen LogP contribution in [0, 0.1) is 0 Å². The van der Waals surface area contributed by atoms with Crippen molar-refractivity contribution in [2.24, 2.45) is 0 Å². The predicted octanol–water partition coefficient (Wildman–Crippen LogP) is -0.391. The molecule has 0 aromatic rings. The third-order valence-corrected chi connectivity index (χ3v) is 0. The monoisotopic (exact) mass is 143 g/mol. The molecule has 0 unspecified atom stereocenters. The second kappa shape index (κ2) is 11.0. The van der Waals surface area contributed by atoms with Gasteiger partial charge in [0.25, 0.3) is 0 Å². The molecule has 2 nitrogen and oxygen atoms in total. The van der Waals surface area contributed by atoms with E-state index in [1.807, 2.05) is 0 Å². The van der Waals surface area contributed by atoms with Crippen molar-refractivity contribution in [3.63, 3.8) is 0 Å². The molecule has 0 amide bonds. The molecule has 3 heteroatoms. The minimum absolute atomic E-state index is 0. The van der Waals surface area contributed by atoms with Crippen LogP contribution in [0.5, 0.6) is 0 Å². The summed E-state index contributed by atoms with van der Waals surface area (Å²) in [6.07, 6.45) is 0. The van der Waals surface area contributed by atoms with Gasteiger partial charge >= 0.3 is 21.1 Å². The van der Waals surface area contributed by atoms with E-state index < -0.39 is 0 Å². The van der Waals surface area contributed by atoms with Crippen LogP contribution in [-0.4, -0.2) is 11.6 Å². The van der Waals surface area contributed by atoms with E-state index in [0.717, 1.165) is 0 Å². The van der Waals surface area contributed by atoms with Gasteiger partial charge in [-0.15, -0.1) is 0 Å². The van der Waals surface area contributed by atoms with Crippen LogP contribution in [0.1, 0.15) is 0 Å². The first kappa shape index (κ1) is 8.90. The molecule has 0 heterocycles. The Morgan fingerprint density at radius 2 is 1.75 bits per heavy atom. The van der Waals surface area contributed by atoms with E-state index >= 15 is 0 Å². The third kappa shape index (κ3) is 116. The van der Waals surface area contributed by atoms with Crippen molar-refractivity contribution in [2.75, 3.05) is 0 Å². The van der Waals surface area contributed by atoms with Gasteiger partial charge in [-0.05, 0) is 0 Å². The van der Waals surface area contributed by atoms with E-state index in [9.17, 15) is 0 Å². The molecule has 0 bridgehead atoms. The van der Waals surface area contributed by atoms with Gasteiger partial charge in [0.05, 0.1) is 0 Å². The summed E-state index contributed by atoms with van der Waals surface area (Å²) in [5.41, 5.74) is 0. The molecule has 4 heavy (non-hydrogen) atoms. The standard InChI is InChI=1S/CHO2.Mo/c2-1-3;/h(H,2,3);/q-1;+1. The van der Waals surface area contributed by atoms with Crippen LogP contribution < -0.4 is 0 Å². The molecule has 0 spiro atoms. The quantitative estimate of drug-likeness (QED) is 0.368. The average Bonchev–Trinajstić information content (AvgIpc) is 0.918. The molecule has 0 aliphatic rings. The predicted molar refractivity (Wildman–Crippen MR) is 8.32 cm³/mol. The molecule has 0 fully saturated rings. The Morgan fingerprint density at radius 3 is 1.75 bits per heavy atom. The van der Waals surface area contributed by atoms with Crippen molar-refractivity contribution in [3.05, 3.63) is 0 Å². The number of rotatable bonds is 0. The number of hydrogen-bond donors (Lipinski definition) is 1. The molecule has 0 saturated heterocycles. The second-order valence-corrected chi connectivity index (χ2v) is 0.0913. The Morgan fingerprint density at radius 1 is 1.75 bits per heavy atom. The maximum Gasteiger partial charge on any atom is 1.00 e. The molecular formula is CHMoO2. The van der Waals surface area contributed by atoms with Gasteiger partial charge in [0.1, 0.15) is 0 Å². The van der Waals surface area contributed by atoms with E-state index in [1.54, 1.807) is 0 Å². The summed E-state index contributed by atoms with van der Waals surface area (Å²) in [7, 11) is 0. The van der Waals surface area contributed by atoms with E-state index in [-0.39, 0.29) is 21.1 Å². The summed E-state index contributed by atoms with van der Waals surface area (Å²) >= 11 is 0. The van der Waals surface area contributed by atoms with Gasteiger partial charge in [-0.25, -0.2) is 0 Å². The molecule has 23 valence electrons. The van der Waals surface area contributed by atoms with Crippen LogP contribution >= 0.6 is 0 Å². The van der Waals surface area contributed by atoms with E-state index in [2.05, 4.69) is 0 Å². The van der Waals surface area contributed by atoms with Gasteiger partial charge < -0.3 is 9.90 Å². The Labute approximate surface area is 38.1 Å². The summed E-state index contributed by atoms with van der Waals surface area (Å²) in [4.78, 5) is 8.24. The SMILES string of the molecule is O=[C-]O.[Mo+]. The Bertz CT molecular complexity index is 13.5. The zero-order chi connectivity index (χ0) is 2.71. The molecule has 0 atom stereocenters. The van der Waals surface area contributed by atoms with Crippen LogP contribution in [0.4, 0.5) is 0 Å². The van der Waals surface area contributed by atoms with E-state index in [1.165, 1.54) is 0 Å². The Balaban J connectivity index is 0. The van der Waals surface area contributed by atoms with Crippen molar-refractivity contribution in [1.82, 2.24) is 0 Å². The Kier molecular flexibility index (Phi) is 24.4. The molecule has 1 N–H and O–H groups in total. The first-order valence-electron chi connectivity index (χ1n) is 0.428. The van der Waals surface area contributed by atoms with Crippen LogP contribution in [-0.2, 0) is 25.9 Å². The fraction of sp³-hybridized carbons (Fsp3) is 0. The smallest absolute Gasteiger partial charge is 0.665 e. The minimum atomic E-state index is 0. The molecular weight excluding hydrogens is 140 g/mol. The summed E-state index contributed by atoms with van der Waals surface area (Å²) in [6.45, 7) is 0.500. The summed E-state index contributed by atoms with van der Waals surface area (Å²) in [6, 6.07) is 0. The molecule has 0 rings (SSSR count). The maximum atomic E-state index is 8.24. The minimum Gasteiger partial charge on any atom is -0.665 e. The zero-order valence-corrected chi connectivity index (χ0v) is 3.77. The van der Waals surface area contributed by atoms with Gasteiger partial charge in [-0.3, -0.25) is 0 Å². The zero-order valence-electron chi connectivity index (χ0n) is 1.76. The molecule has 0 aromatic carbocycles. The molecule has 1 radical (unpaired) electrons. The van der Waals surface area contributed by atoms with Gasteiger partial charge in [0, 0.05) is 0 Å². The molecule has 0 aliphatic heterocycles. The van der Waals surface area contributed by atoms with Crippen molar-refractivity contribution >= 4 is 6.47 Å². The average molecular weight is 141 g/mol. The summed E-state index contributed by atoms with van der Waals surface area (Å²) < 4.78 is 0. The second-order valence-electron chi connectivity index (χ2n) is 0.0913. The number of aliphatic hydroxyl groups excluding tert-OH is 1. The fourth-order valence-electron chi connectivity index (χ4n) is 0. The molecule has 0 saturated carbocycles. The third-order valence-electron chi connectivity index (χ3n) is 0. The largest absolute Gasteiger partial charge is 1.00 e. The first-order valence-corrected chi connectivity index (χ1v) is 0.428. The van der Waals surface area contributed by atoms with Gasteiger partial charge in [-0.1, -0.05) is 6.47 Å². The fourth-order valence-corrected chi connectivity index (χ4v) is 0. The normalized spacial score (nSPS) is 3.00. The van der Waals surface area contributed by atoms with Crippen molar-refractivity contribution in [1.29, 1.82) is 0 Å². The maximum absolute atomic E-state index is 8.24. The number of hydrogen-bond acceptors (Lipinski definition) is 1. The van der Waals surface area contributed by atoms with Gasteiger partial charge in [-0.2, -0.15) is 0 Å². The van der Waals surface area contributed by atoms with Gasteiger partial charge in [0.15, 0.2) is 0 Å². The van der Waals surface area contributed by atoms with Crippen molar-refractivity contribution in [3.8, 4) is 0 Å². The van der Waals surface area contributed by atoms with Crippen molar-refractivity contribution < 1.29 is 31.0 Å². The topological polar surface area (TPSA) is 37.3 Å². The summed E-state index contributed by atoms with van der Waals surface area (Å²) in [5, 5.41) is 6.76. The first-order chi connectivity index (χ1) is 1.41. The van der Waals surface area contributed by atoms with Gasteiger partial charge in [0.2, 0.25) is 0 Å². The van der Waals surface area contributed by atoms with Crippen LogP contribution in [0.2, 0.25) is 0 Å². The molecule has 0 aliphatic carbocycles. The Hall–Kier alpha value is 0.158. The van der Waals surface area contributed by atoms with E-state index in [4.69, 9.17) is 9.90 Å². The molecule has 0 aromatic heterocycles. The summed E-state index contributed by atoms with van der Waals surface area (Å²) in [5.74, 6) is 0. The van der Waals surface area contributed by atoms with Crippen LogP contribution in [0.3, 0.4) is 0 Å². The van der Waals surface area contributed by atoms with Crippen molar-refractivity contribution in [2.45, 2.75) is 0 Å². The van der Waals surface area contributed by atoms with E-state index in [0.29, 0.717) is 6.47 Å².